The number of anilines is 1. The van der Waals surface area contributed by atoms with Gasteiger partial charge in [-0.25, -0.2) is 4.39 Å². The number of nitrogens with zero attached hydrogens (tertiary/aromatic N) is 3. The average molecular weight is 259 g/mol. The van der Waals surface area contributed by atoms with E-state index in [1.807, 2.05) is 0 Å². The highest BCUT2D eigenvalue weighted by Crippen LogP contribution is 2.26. The molecule has 7 heteroatoms. The van der Waals surface area contributed by atoms with Crippen molar-refractivity contribution in [2.75, 3.05) is 5.73 Å². The highest BCUT2D eigenvalue weighted by atomic mass is 35.5. The van der Waals surface area contributed by atoms with Crippen LogP contribution in [0.3, 0.4) is 0 Å². The molecule has 0 aliphatic carbocycles. The number of benzene rings is 1. The van der Waals surface area contributed by atoms with Crippen molar-refractivity contribution in [2.24, 2.45) is 0 Å². The summed E-state index contributed by atoms with van der Waals surface area (Å²) >= 11 is 11.5. The maximum atomic E-state index is 12.8. The first-order valence-corrected chi connectivity index (χ1v) is 4.94. The lowest BCUT2D eigenvalue weighted by molar-refractivity contribution is 0.628. The van der Waals surface area contributed by atoms with E-state index >= 15 is 0 Å². The van der Waals surface area contributed by atoms with Gasteiger partial charge < -0.3 is 5.73 Å². The lowest BCUT2D eigenvalue weighted by Crippen LogP contribution is -2.00. The Morgan fingerprint density at radius 3 is 2.50 bits per heavy atom. The minimum atomic E-state index is -0.443. The van der Waals surface area contributed by atoms with Crippen LogP contribution >= 0.6 is 23.2 Å². The van der Waals surface area contributed by atoms with E-state index in [9.17, 15) is 4.39 Å². The van der Waals surface area contributed by atoms with E-state index in [-0.39, 0.29) is 22.1 Å². The van der Waals surface area contributed by atoms with Crippen molar-refractivity contribution in [3.63, 3.8) is 0 Å². The minimum Gasteiger partial charge on any atom is -0.368 e. The molecule has 0 amide bonds. The Morgan fingerprint density at radius 2 is 1.88 bits per heavy atom. The first kappa shape index (κ1) is 11.0. The zero-order valence-corrected chi connectivity index (χ0v) is 9.30. The second-order valence-corrected chi connectivity index (χ2v) is 3.66. The van der Waals surface area contributed by atoms with Crippen LogP contribution in [0.4, 0.5) is 10.3 Å². The summed E-state index contributed by atoms with van der Waals surface area (Å²) in [6, 6.07) is 3.85. The molecule has 0 fully saturated rings. The van der Waals surface area contributed by atoms with Crippen LogP contribution in [-0.4, -0.2) is 15.0 Å². The lowest BCUT2D eigenvalue weighted by Gasteiger charge is -2.03. The maximum Gasteiger partial charge on any atom is 0.227 e. The van der Waals surface area contributed by atoms with Gasteiger partial charge in [0.1, 0.15) is 5.82 Å². The van der Waals surface area contributed by atoms with Gasteiger partial charge in [-0.1, -0.05) is 11.6 Å². The standard InChI is InChI=1S/C9H5Cl2FN4/c10-6-3-4(12)1-2-5(6)7-14-8(11)16-9(13)15-7/h1-3H,(H2,13,14,15,16). The molecule has 0 radical (unpaired) electrons. The molecule has 2 rings (SSSR count). The second-order valence-electron chi connectivity index (χ2n) is 2.91. The fourth-order valence-electron chi connectivity index (χ4n) is 1.16. The molecule has 0 spiro atoms. The smallest absolute Gasteiger partial charge is 0.227 e. The quantitative estimate of drug-likeness (QED) is 0.854. The summed E-state index contributed by atoms with van der Waals surface area (Å²) in [5, 5.41) is 0.143. The van der Waals surface area contributed by atoms with Gasteiger partial charge in [-0.3, -0.25) is 0 Å². The van der Waals surface area contributed by atoms with Gasteiger partial charge >= 0.3 is 0 Å². The SMILES string of the molecule is Nc1nc(Cl)nc(-c2ccc(F)cc2Cl)n1. The molecule has 16 heavy (non-hydrogen) atoms. The topological polar surface area (TPSA) is 64.7 Å². The zero-order valence-electron chi connectivity index (χ0n) is 7.78. The number of nitrogens with two attached hydrogens (primary N) is 1. The molecule has 82 valence electrons. The van der Waals surface area contributed by atoms with Gasteiger partial charge in [0, 0.05) is 5.56 Å². The second kappa shape index (κ2) is 4.19. The van der Waals surface area contributed by atoms with Crippen molar-refractivity contribution in [3.8, 4) is 11.4 Å². The summed E-state index contributed by atoms with van der Waals surface area (Å²) in [7, 11) is 0. The van der Waals surface area contributed by atoms with E-state index in [1.54, 1.807) is 0 Å². The van der Waals surface area contributed by atoms with Gasteiger partial charge in [0.05, 0.1) is 5.02 Å². The molecule has 1 aromatic heterocycles. The predicted molar refractivity (Wildman–Crippen MR) is 59.7 cm³/mol. The van der Waals surface area contributed by atoms with Crippen molar-refractivity contribution in [2.45, 2.75) is 0 Å². The molecule has 2 N–H and O–H groups in total. The molecule has 0 bridgehead atoms. The molecule has 0 aliphatic heterocycles. The van der Waals surface area contributed by atoms with E-state index < -0.39 is 5.82 Å². The fourth-order valence-corrected chi connectivity index (χ4v) is 1.58. The van der Waals surface area contributed by atoms with Gasteiger partial charge in [-0.05, 0) is 29.8 Å². The number of halogens is 3. The Hall–Kier alpha value is -1.46. The lowest BCUT2D eigenvalue weighted by atomic mass is 10.2. The van der Waals surface area contributed by atoms with Crippen LogP contribution in [-0.2, 0) is 0 Å². The van der Waals surface area contributed by atoms with E-state index in [1.165, 1.54) is 12.1 Å². The van der Waals surface area contributed by atoms with E-state index in [2.05, 4.69) is 15.0 Å². The average Bonchev–Trinajstić information content (AvgIpc) is 2.15. The van der Waals surface area contributed by atoms with Crippen molar-refractivity contribution >= 4 is 29.2 Å². The monoisotopic (exact) mass is 258 g/mol. The highest BCUT2D eigenvalue weighted by molar-refractivity contribution is 6.33. The third kappa shape index (κ3) is 2.20. The summed E-state index contributed by atoms with van der Waals surface area (Å²) < 4.78 is 12.8. The molecule has 1 heterocycles. The van der Waals surface area contributed by atoms with Crippen LogP contribution in [0.2, 0.25) is 10.3 Å². The Kier molecular flexibility index (Phi) is 2.89. The molecule has 0 aliphatic rings. The van der Waals surface area contributed by atoms with Crippen molar-refractivity contribution < 1.29 is 4.39 Å². The molecule has 0 atom stereocenters. The van der Waals surface area contributed by atoms with Crippen LogP contribution in [0.25, 0.3) is 11.4 Å². The molecule has 4 nitrogen and oxygen atoms in total. The van der Waals surface area contributed by atoms with Gasteiger partial charge in [0.15, 0.2) is 5.82 Å². The van der Waals surface area contributed by atoms with Gasteiger partial charge in [0.2, 0.25) is 11.2 Å². The summed E-state index contributed by atoms with van der Waals surface area (Å²) in [6.45, 7) is 0. The number of hydrogen-bond donors (Lipinski definition) is 1. The van der Waals surface area contributed by atoms with Crippen LogP contribution in [0.15, 0.2) is 18.2 Å². The van der Waals surface area contributed by atoms with Crippen LogP contribution in [0, 0.1) is 5.82 Å². The predicted octanol–water partition coefficient (Wildman–Crippen LogP) is 2.57. The Labute approximate surface area is 100 Å². The van der Waals surface area contributed by atoms with Gasteiger partial charge in [-0.2, -0.15) is 15.0 Å². The molecule has 0 saturated carbocycles. The van der Waals surface area contributed by atoms with E-state index in [0.717, 1.165) is 6.07 Å². The van der Waals surface area contributed by atoms with Gasteiger partial charge in [-0.15, -0.1) is 0 Å². The molecule has 2 aromatic rings. The van der Waals surface area contributed by atoms with Crippen molar-refractivity contribution in [1.29, 1.82) is 0 Å². The Bertz CT molecular complexity index is 527. The normalized spacial score (nSPS) is 10.4. The van der Waals surface area contributed by atoms with E-state index in [4.69, 9.17) is 28.9 Å². The van der Waals surface area contributed by atoms with Crippen LogP contribution in [0.1, 0.15) is 0 Å². The number of aromatic nitrogens is 3. The molecule has 0 saturated heterocycles. The summed E-state index contributed by atoms with van der Waals surface area (Å²) in [4.78, 5) is 11.3. The Morgan fingerprint density at radius 1 is 1.12 bits per heavy atom. The van der Waals surface area contributed by atoms with E-state index in [0.29, 0.717) is 5.56 Å². The summed E-state index contributed by atoms with van der Waals surface area (Å²) in [5.74, 6) is -0.250. The maximum absolute atomic E-state index is 12.8. The molecular formula is C9H5Cl2FN4. The first-order chi connectivity index (χ1) is 7.56. The molecule has 0 unspecified atom stereocenters. The van der Waals surface area contributed by atoms with Crippen LogP contribution < -0.4 is 5.73 Å². The zero-order chi connectivity index (χ0) is 11.7. The van der Waals surface area contributed by atoms with Crippen molar-refractivity contribution in [3.05, 3.63) is 34.3 Å². The first-order valence-electron chi connectivity index (χ1n) is 4.19. The fraction of sp³-hybridized carbons (Fsp3) is 0. The minimum absolute atomic E-state index is 0.0182. The van der Waals surface area contributed by atoms with Gasteiger partial charge in [0.25, 0.3) is 0 Å². The molecular weight excluding hydrogens is 254 g/mol. The number of nitrogen functional groups attached to an aromatic ring is 1. The largest absolute Gasteiger partial charge is 0.368 e. The molecule has 1 aromatic carbocycles. The Balaban J connectivity index is 2.58. The third-order valence-corrected chi connectivity index (χ3v) is 2.28. The van der Waals surface area contributed by atoms with Crippen molar-refractivity contribution in [1.82, 2.24) is 15.0 Å². The number of hydrogen-bond acceptors (Lipinski definition) is 4. The summed E-state index contributed by atoms with van der Waals surface area (Å²) in [5.41, 5.74) is 5.86. The number of rotatable bonds is 1. The summed E-state index contributed by atoms with van der Waals surface area (Å²) in [6.07, 6.45) is 0. The van der Waals surface area contributed by atoms with Crippen LogP contribution in [0.5, 0.6) is 0 Å². The third-order valence-electron chi connectivity index (χ3n) is 1.80. The highest BCUT2D eigenvalue weighted by Gasteiger charge is 2.10.